The van der Waals surface area contributed by atoms with Gasteiger partial charge in [0.25, 0.3) is 5.24 Å². The maximum absolute atomic E-state index is 12.2. The average Bonchev–Trinajstić information content (AvgIpc) is 2.67. The number of hydrogen-bond acceptors (Lipinski definition) is 4. The van der Waals surface area contributed by atoms with Crippen LogP contribution in [0.1, 0.15) is 5.56 Å². The molecule has 0 bridgehead atoms. The van der Waals surface area contributed by atoms with Gasteiger partial charge in [-0.2, -0.15) is 0 Å². The first-order chi connectivity index (χ1) is 9.49. The SMILES string of the molecule is CN(C)C(=O)CN1C(=O)SC(Cc2ccccc2)C1=O. The largest absolute Gasteiger partial charge is 0.347 e. The summed E-state index contributed by atoms with van der Waals surface area (Å²) in [6.07, 6.45) is 0.503. The molecule has 1 atom stereocenters. The second-order valence-corrected chi connectivity index (χ2v) is 5.93. The lowest BCUT2D eigenvalue weighted by Gasteiger charge is -2.16. The Hall–Kier alpha value is -1.82. The van der Waals surface area contributed by atoms with Gasteiger partial charge in [-0.15, -0.1) is 0 Å². The zero-order valence-corrected chi connectivity index (χ0v) is 12.2. The molecule has 0 aromatic heterocycles. The van der Waals surface area contributed by atoms with Crippen LogP contribution in [-0.2, 0) is 16.0 Å². The molecule has 2 rings (SSSR count). The number of imide groups is 1. The molecule has 0 N–H and O–H groups in total. The number of rotatable bonds is 4. The summed E-state index contributed by atoms with van der Waals surface area (Å²) < 4.78 is 0. The Morgan fingerprint density at radius 3 is 2.50 bits per heavy atom. The van der Waals surface area contributed by atoms with Crippen molar-refractivity contribution in [1.29, 1.82) is 0 Å². The molecular formula is C14H16N2O3S. The topological polar surface area (TPSA) is 57.7 Å². The van der Waals surface area contributed by atoms with Gasteiger partial charge in [0, 0.05) is 14.1 Å². The third-order valence-corrected chi connectivity index (χ3v) is 4.14. The molecule has 1 aliphatic heterocycles. The zero-order valence-electron chi connectivity index (χ0n) is 11.4. The van der Waals surface area contributed by atoms with Crippen LogP contribution in [0, 0.1) is 0 Å². The minimum Gasteiger partial charge on any atom is -0.347 e. The van der Waals surface area contributed by atoms with Crippen molar-refractivity contribution in [2.75, 3.05) is 20.6 Å². The Bertz CT molecular complexity index is 530. The Morgan fingerprint density at radius 1 is 1.25 bits per heavy atom. The smallest absolute Gasteiger partial charge is 0.289 e. The average molecular weight is 292 g/mol. The Morgan fingerprint density at radius 2 is 1.90 bits per heavy atom. The number of nitrogens with zero attached hydrogens (tertiary/aromatic N) is 2. The van der Waals surface area contributed by atoms with E-state index in [1.54, 1.807) is 14.1 Å². The summed E-state index contributed by atoms with van der Waals surface area (Å²) >= 11 is 0.997. The van der Waals surface area contributed by atoms with Crippen LogP contribution in [0.3, 0.4) is 0 Å². The molecule has 106 valence electrons. The highest BCUT2D eigenvalue weighted by Gasteiger charge is 2.40. The molecule has 3 amide bonds. The molecule has 0 spiro atoms. The van der Waals surface area contributed by atoms with E-state index in [1.165, 1.54) is 4.90 Å². The summed E-state index contributed by atoms with van der Waals surface area (Å²) in [5.41, 5.74) is 1.01. The number of amides is 3. The van der Waals surface area contributed by atoms with Crippen LogP contribution in [0.4, 0.5) is 4.79 Å². The van der Waals surface area contributed by atoms with Crippen molar-refractivity contribution in [2.24, 2.45) is 0 Å². The minimum atomic E-state index is -0.431. The molecule has 1 saturated heterocycles. The third-order valence-electron chi connectivity index (χ3n) is 3.06. The van der Waals surface area contributed by atoms with Crippen molar-refractivity contribution >= 4 is 28.8 Å². The predicted octanol–water partition coefficient (Wildman–Crippen LogP) is 1.38. The fourth-order valence-electron chi connectivity index (χ4n) is 1.88. The summed E-state index contributed by atoms with van der Waals surface area (Å²) in [6, 6.07) is 9.54. The van der Waals surface area contributed by atoms with E-state index in [4.69, 9.17) is 0 Å². The van der Waals surface area contributed by atoms with Crippen LogP contribution in [0.15, 0.2) is 30.3 Å². The maximum atomic E-state index is 12.2. The van der Waals surface area contributed by atoms with Crippen molar-refractivity contribution in [1.82, 2.24) is 9.80 Å². The Balaban J connectivity index is 2.03. The van der Waals surface area contributed by atoms with Crippen molar-refractivity contribution in [2.45, 2.75) is 11.7 Å². The molecule has 1 aromatic rings. The third kappa shape index (κ3) is 3.19. The van der Waals surface area contributed by atoms with E-state index in [0.29, 0.717) is 6.42 Å². The maximum Gasteiger partial charge on any atom is 0.289 e. The summed E-state index contributed by atoms with van der Waals surface area (Å²) in [5, 5.41) is -0.772. The van der Waals surface area contributed by atoms with E-state index in [2.05, 4.69) is 0 Å². The van der Waals surface area contributed by atoms with Crippen molar-refractivity contribution in [3.63, 3.8) is 0 Å². The van der Waals surface area contributed by atoms with E-state index in [0.717, 1.165) is 22.2 Å². The van der Waals surface area contributed by atoms with Gasteiger partial charge in [0.1, 0.15) is 6.54 Å². The molecule has 1 aromatic carbocycles. The molecule has 6 heteroatoms. The molecule has 1 heterocycles. The van der Waals surface area contributed by atoms with Gasteiger partial charge in [0.15, 0.2) is 0 Å². The monoisotopic (exact) mass is 292 g/mol. The lowest BCUT2D eigenvalue weighted by Crippen LogP contribution is -2.40. The molecule has 1 fully saturated rings. The first-order valence-electron chi connectivity index (χ1n) is 6.25. The quantitative estimate of drug-likeness (QED) is 0.841. The fraction of sp³-hybridized carbons (Fsp3) is 0.357. The van der Waals surface area contributed by atoms with Gasteiger partial charge in [0.05, 0.1) is 5.25 Å². The van der Waals surface area contributed by atoms with E-state index >= 15 is 0 Å². The number of thioether (sulfide) groups is 1. The molecule has 0 aliphatic carbocycles. The lowest BCUT2D eigenvalue weighted by molar-refractivity contribution is -0.135. The summed E-state index contributed by atoms with van der Waals surface area (Å²) in [7, 11) is 3.20. The second kappa shape index (κ2) is 6.09. The van der Waals surface area contributed by atoms with Gasteiger partial charge >= 0.3 is 0 Å². The van der Waals surface area contributed by atoms with Crippen LogP contribution >= 0.6 is 11.8 Å². The normalized spacial score (nSPS) is 18.5. The number of carbonyl (C=O) groups is 3. The minimum absolute atomic E-state index is 0.178. The Kier molecular flexibility index (Phi) is 4.44. The summed E-state index contributed by atoms with van der Waals surface area (Å²) in [5.74, 6) is -0.535. The van der Waals surface area contributed by atoms with E-state index in [9.17, 15) is 14.4 Å². The second-order valence-electron chi connectivity index (χ2n) is 4.77. The summed E-state index contributed by atoms with van der Waals surface area (Å²) in [4.78, 5) is 38.1. The predicted molar refractivity (Wildman–Crippen MR) is 77.3 cm³/mol. The van der Waals surface area contributed by atoms with Gasteiger partial charge in [-0.3, -0.25) is 19.3 Å². The van der Waals surface area contributed by atoms with Crippen molar-refractivity contribution < 1.29 is 14.4 Å². The molecule has 0 radical (unpaired) electrons. The van der Waals surface area contributed by atoms with Crippen molar-refractivity contribution in [3.8, 4) is 0 Å². The molecule has 20 heavy (non-hydrogen) atoms. The fourth-order valence-corrected chi connectivity index (χ4v) is 2.90. The zero-order chi connectivity index (χ0) is 14.7. The van der Waals surface area contributed by atoms with Crippen LogP contribution < -0.4 is 0 Å². The van der Waals surface area contributed by atoms with E-state index < -0.39 is 5.25 Å². The van der Waals surface area contributed by atoms with Crippen LogP contribution in [0.2, 0.25) is 0 Å². The van der Waals surface area contributed by atoms with E-state index in [1.807, 2.05) is 30.3 Å². The van der Waals surface area contributed by atoms with Crippen LogP contribution in [0.25, 0.3) is 0 Å². The van der Waals surface area contributed by atoms with Crippen molar-refractivity contribution in [3.05, 3.63) is 35.9 Å². The number of hydrogen-bond donors (Lipinski definition) is 0. The highest BCUT2D eigenvalue weighted by atomic mass is 32.2. The van der Waals surface area contributed by atoms with Gasteiger partial charge in [0.2, 0.25) is 11.8 Å². The highest BCUT2D eigenvalue weighted by molar-refractivity contribution is 8.15. The highest BCUT2D eigenvalue weighted by Crippen LogP contribution is 2.29. The van der Waals surface area contributed by atoms with Gasteiger partial charge < -0.3 is 4.90 Å². The molecule has 0 saturated carbocycles. The van der Waals surface area contributed by atoms with Crippen LogP contribution in [0.5, 0.6) is 0 Å². The number of carbonyl (C=O) groups excluding carboxylic acids is 3. The first kappa shape index (κ1) is 14.6. The lowest BCUT2D eigenvalue weighted by atomic mass is 10.1. The van der Waals surface area contributed by atoms with Gasteiger partial charge in [-0.25, -0.2) is 0 Å². The molecule has 1 unspecified atom stereocenters. The molecule has 5 nitrogen and oxygen atoms in total. The molecular weight excluding hydrogens is 276 g/mol. The first-order valence-corrected chi connectivity index (χ1v) is 7.13. The summed E-state index contributed by atoms with van der Waals surface area (Å²) in [6.45, 7) is -0.178. The number of likely N-dealkylation sites (N-methyl/N-ethyl adjacent to an activating group) is 1. The van der Waals surface area contributed by atoms with Crippen LogP contribution in [-0.4, -0.2) is 52.7 Å². The standard InChI is InChI=1S/C14H16N2O3S/c1-15(2)12(17)9-16-13(18)11(20-14(16)19)8-10-6-4-3-5-7-10/h3-7,11H,8-9H2,1-2H3. The van der Waals surface area contributed by atoms with E-state index in [-0.39, 0.29) is 23.6 Å². The number of benzene rings is 1. The van der Waals surface area contributed by atoms with Gasteiger partial charge in [-0.05, 0) is 12.0 Å². The van der Waals surface area contributed by atoms with Gasteiger partial charge in [-0.1, -0.05) is 42.1 Å². The molecule has 1 aliphatic rings. The Labute approximate surface area is 121 Å².